The molecule has 8 nitrogen and oxygen atoms in total. The summed E-state index contributed by atoms with van der Waals surface area (Å²) in [6, 6.07) is 8.67. The number of sulfone groups is 1. The first-order valence-electron chi connectivity index (χ1n) is 9.94. The molecule has 170 valence electrons. The summed E-state index contributed by atoms with van der Waals surface area (Å²) in [5.41, 5.74) is 2.31. The summed E-state index contributed by atoms with van der Waals surface area (Å²) >= 11 is 1.19. The number of carbonyl (C=O) groups is 3. The normalized spacial score (nSPS) is 16.8. The van der Waals surface area contributed by atoms with Crippen molar-refractivity contribution >= 4 is 44.0 Å². The molecule has 1 aromatic heterocycles. The third kappa shape index (κ3) is 6.27. The molecule has 0 unspecified atom stereocenters. The fraction of sp³-hybridized carbons (Fsp3) is 0.318. The topological polar surface area (TPSA) is 119 Å². The molecule has 2 aromatic rings. The monoisotopic (exact) mass is 476 g/mol. The summed E-state index contributed by atoms with van der Waals surface area (Å²) in [5.74, 6) is -1.79. The van der Waals surface area contributed by atoms with E-state index in [1.807, 2.05) is 30.3 Å². The predicted molar refractivity (Wildman–Crippen MR) is 123 cm³/mol. The van der Waals surface area contributed by atoms with Gasteiger partial charge in [0.1, 0.15) is 10.6 Å². The van der Waals surface area contributed by atoms with Crippen LogP contribution in [0.4, 0.5) is 5.00 Å². The van der Waals surface area contributed by atoms with Crippen molar-refractivity contribution in [2.75, 3.05) is 23.4 Å². The molecule has 1 aliphatic rings. The van der Waals surface area contributed by atoms with Crippen LogP contribution in [0.25, 0.3) is 11.1 Å². The van der Waals surface area contributed by atoms with Crippen molar-refractivity contribution in [3.05, 3.63) is 52.9 Å². The average molecular weight is 477 g/mol. The number of anilines is 1. The zero-order valence-corrected chi connectivity index (χ0v) is 19.3. The number of rotatable bonds is 7. The van der Waals surface area contributed by atoms with E-state index >= 15 is 0 Å². The minimum Gasteiger partial charge on any atom is -0.452 e. The zero-order valence-electron chi connectivity index (χ0n) is 17.7. The van der Waals surface area contributed by atoms with Gasteiger partial charge in [-0.2, -0.15) is 0 Å². The van der Waals surface area contributed by atoms with Gasteiger partial charge in [-0.3, -0.25) is 9.59 Å². The van der Waals surface area contributed by atoms with Gasteiger partial charge in [0.2, 0.25) is 5.91 Å². The average Bonchev–Trinajstić information content (AvgIpc) is 3.28. The molecule has 2 amide bonds. The molecule has 1 atom stereocenters. The molecule has 10 heteroatoms. The molecule has 1 fully saturated rings. The number of esters is 1. The van der Waals surface area contributed by atoms with Gasteiger partial charge in [0.05, 0.1) is 11.5 Å². The Morgan fingerprint density at radius 1 is 1.19 bits per heavy atom. The van der Waals surface area contributed by atoms with Crippen LogP contribution in [0, 0.1) is 0 Å². The number of carbonyl (C=O) groups excluding carboxylic acids is 3. The van der Waals surface area contributed by atoms with Crippen LogP contribution in [0.3, 0.4) is 0 Å². The lowest BCUT2D eigenvalue weighted by Gasteiger charge is -2.12. The lowest BCUT2D eigenvalue weighted by molar-refractivity contribution is -0.124. The fourth-order valence-corrected chi connectivity index (χ4v) is 5.91. The van der Waals surface area contributed by atoms with Crippen LogP contribution in [0.15, 0.2) is 47.4 Å². The van der Waals surface area contributed by atoms with E-state index in [0.29, 0.717) is 17.0 Å². The summed E-state index contributed by atoms with van der Waals surface area (Å²) in [7, 11) is -3.14. The Hall–Kier alpha value is -2.98. The second-order valence-corrected chi connectivity index (χ2v) is 10.8. The summed E-state index contributed by atoms with van der Waals surface area (Å²) in [4.78, 5) is 37.3. The molecule has 32 heavy (non-hydrogen) atoms. The SMILES string of the molecule is CC(C)=CC(=O)Nc1scc(-c2ccccc2)c1C(=O)OCC(=O)N[C@@H]1CCS(=O)(=O)C1. The minimum atomic E-state index is -3.14. The molecular weight excluding hydrogens is 452 g/mol. The predicted octanol–water partition coefficient (Wildman–Crippen LogP) is 2.78. The Labute approximate surface area is 190 Å². The summed E-state index contributed by atoms with van der Waals surface area (Å²) in [5, 5.41) is 7.34. The third-order valence-corrected chi connectivity index (χ3v) is 7.33. The Morgan fingerprint density at radius 3 is 2.53 bits per heavy atom. The first-order valence-corrected chi connectivity index (χ1v) is 12.6. The minimum absolute atomic E-state index is 0.0296. The van der Waals surface area contributed by atoms with Crippen LogP contribution in [0.2, 0.25) is 0 Å². The summed E-state index contributed by atoms with van der Waals surface area (Å²) < 4.78 is 28.3. The highest BCUT2D eigenvalue weighted by atomic mass is 32.2. The Morgan fingerprint density at radius 2 is 1.91 bits per heavy atom. The second-order valence-electron chi connectivity index (χ2n) is 7.67. The molecule has 0 saturated carbocycles. The van der Waals surface area contributed by atoms with Gasteiger partial charge in [-0.15, -0.1) is 11.3 Å². The molecule has 2 heterocycles. The van der Waals surface area contributed by atoms with Gasteiger partial charge in [0, 0.05) is 23.1 Å². The maximum Gasteiger partial charge on any atom is 0.342 e. The van der Waals surface area contributed by atoms with Gasteiger partial charge in [0.25, 0.3) is 5.91 Å². The maximum atomic E-state index is 12.9. The first-order chi connectivity index (χ1) is 15.1. The molecule has 0 spiro atoms. The molecule has 1 aliphatic heterocycles. The van der Waals surface area contributed by atoms with Gasteiger partial charge in [-0.25, -0.2) is 13.2 Å². The van der Waals surface area contributed by atoms with Crippen molar-refractivity contribution in [2.24, 2.45) is 0 Å². The van der Waals surface area contributed by atoms with Crippen molar-refractivity contribution in [1.82, 2.24) is 5.32 Å². The van der Waals surface area contributed by atoms with E-state index in [4.69, 9.17) is 4.74 Å². The van der Waals surface area contributed by atoms with Crippen LogP contribution < -0.4 is 10.6 Å². The summed E-state index contributed by atoms with van der Waals surface area (Å²) in [6.07, 6.45) is 1.76. The van der Waals surface area contributed by atoms with Crippen molar-refractivity contribution < 1.29 is 27.5 Å². The van der Waals surface area contributed by atoms with E-state index in [0.717, 1.165) is 11.1 Å². The molecule has 1 saturated heterocycles. The standard InChI is InChI=1S/C22H24N2O6S2/c1-14(2)10-18(25)24-21-20(17(12-31-21)15-6-4-3-5-7-15)22(27)30-11-19(26)23-16-8-9-32(28,29)13-16/h3-7,10,12,16H,8-9,11,13H2,1-2H3,(H,23,26)(H,24,25)/t16-/m1/s1. The molecule has 3 rings (SSSR count). The number of ether oxygens (including phenoxy) is 1. The number of hydrogen-bond donors (Lipinski definition) is 2. The quantitative estimate of drug-likeness (QED) is 0.469. The van der Waals surface area contributed by atoms with Crippen LogP contribution in [0.5, 0.6) is 0 Å². The highest BCUT2D eigenvalue weighted by molar-refractivity contribution is 7.91. The number of nitrogens with one attached hydrogen (secondary N) is 2. The van der Waals surface area contributed by atoms with Crippen LogP contribution in [-0.2, 0) is 24.2 Å². The summed E-state index contributed by atoms with van der Waals surface area (Å²) in [6.45, 7) is 3.01. The van der Waals surface area contributed by atoms with E-state index in [1.54, 1.807) is 19.2 Å². The number of thiophene rings is 1. The first kappa shape index (κ1) is 23.7. The van der Waals surface area contributed by atoms with E-state index in [2.05, 4.69) is 10.6 Å². The van der Waals surface area contributed by atoms with Crippen LogP contribution in [0.1, 0.15) is 30.6 Å². The Bertz CT molecular complexity index is 1150. The number of hydrogen-bond acceptors (Lipinski definition) is 7. The van der Waals surface area contributed by atoms with E-state index in [-0.39, 0.29) is 23.0 Å². The molecule has 0 bridgehead atoms. The zero-order chi connectivity index (χ0) is 23.3. The lowest BCUT2D eigenvalue weighted by atomic mass is 10.0. The highest BCUT2D eigenvalue weighted by Crippen LogP contribution is 2.36. The van der Waals surface area contributed by atoms with E-state index < -0.39 is 34.4 Å². The second kappa shape index (κ2) is 10.1. The van der Waals surface area contributed by atoms with Crippen molar-refractivity contribution in [3.63, 3.8) is 0 Å². The van der Waals surface area contributed by atoms with Crippen molar-refractivity contribution in [2.45, 2.75) is 26.3 Å². The molecule has 0 aliphatic carbocycles. The van der Waals surface area contributed by atoms with Gasteiger partial charge >= 0.3 is 5.97 Å². The van der Waals surface area contributed by atoms with E-state index in [9.17, 15) is 22.8 Å². The van der Waals surface area contributed by atoms with Crippen LogP contribution >= 0.6 is 11.3 Å². The maximum absolute atomic E-state index is 12.9. The van der Waals surface area contributed by atoms with Gasteiger partial charge in [0.15, 0.2) is 16.4 Å². The van der Waals surface area contributed by atoms with Crippen molar-refractivity contribution in [1.29, 1.82) is 0 Å². The fourth-order valence-electron chi connectivity index (χ4n) is 3.27. The molecular formula is C22H24N2O6S2. The largest absolute Gasteiger partial charge is 0.452 e. The van der Waals surface area contributed by atoms with E-state index in [1.165, 1.54) is 17.4 Å². The highest BCUT2D eigenvalue weighted by Gasteiger charge is 2.29. The smallest absolute Gasteiger partial charge is 0.342 e. The van der Waals surface area contributed by atoms with Gasteiger partial charge in [-0.05, 0) is 25.8 Å². The van der Waals surface area contributed by atoms with Gasteiger partial charge < -0.3 is 15.4 Å². The van der Waals surface area contributed by atoms with Gasteiger partial charge in [-0.1, -0.05) is 35.9 Å². The number of amides is 2. The third-order valence-electron chi connectivity index (χ3n) is 4.67. The van der Waals surface area contributed by atoms with Crippen LogP contribution in [-0.4, -0.2) is 50.4 Å². The molecule has 2 N–H and O–H groups in total. The molecule has 1 aromatic carbocycles. The molecule has 0 radical (unpaired) electrons. The Kier molecular flexibility index (Phi) is 7.47. The Balaban J connectivity index is 1.75. The number of benzene rings is 1. The van der Waals surface area contributed by atoms with Crippen molar-refractivity contribution in [3.8, 4) is 11.1 Å². The number of allylic oxidation sites excluding steroid dienone is 1. The lowest BCUT2D eigenvalue weighted by Crippen LogP contribution is -2.38.